The molecular formula is C55H49N. The Hall–Kier alpha value is -6.18. The number of hydrogen-bond donors (Lipinski definition) is 0. The Kier molecular flexibility index (Phi) is 9.39. The predicted molar refractivity (Wildman–Crippen MR) is 237 cm³/mol. The van der Waals surface area contributed by atoms with Crippen LogP contribution in [0, 0.1) is 6.92 Å². The zero-order valence-electron chi connectivity index (χ0n) is 32.8. The van der Waals surface area contributed by atoms with Crippen LogP contribution in [0.25, 0.3) is 16.3 Å². The molecule has 1 heterocycles. The third kappa shape index (κ3) is 6.32. The smallest absolute Gasteiger partial charge is 0.0456 e. The number of allylic oxidation sites excluding steroid dienone is 6. The molecule has 0 amide bonds. The van der Waals surface area contributed by atoms with Gasteiger partial charge in [-0.15, -0.1) is 0 Å². The summed E-state index contributed by atoms with van der Waals surface area (Å²) in [6.45, 7) is 4.58. The van der Waals surface area contributed by atoms with Crippen molar-refractivity contribution >= 4 is 22.0 Å². The van der Waals surface area contributed by atoms with Gasteiger partial charge in [-0.3, -0.25) is 0 Å². The maximum atomic E-state index is 2.47. The number of anilines is 1. The molecule has 2 aliphatic rings. The van der Waals surface area contributed by atoms with Crippen LogP contribution < -0.4 is 4.90 Å². The maximum Gasteiger partial charge on any atom is 0.0456 e. The second kappa shape index (κ2) is 14.8. The van der Waals surface area contributed by atoms with E-state index in [2.05, 4.69) is 220 Å². The van der Waals surface area contributed by atoms with E-state index in [0.29, 0.717) is 0 Å². The highest BCUT2D eigenvalue weighted by Gasteiger charge is 2.47. The van der Waals surface area contributed by atoms with Gasteiger partial charge in [-0.2, -0.15) is 0 Å². The normalized spacial score (nSPS) is 16.2. The minimum atomic E-state index is -0.273. The lowest BCUT2D eigenvalue weighted by atomic mass is 9.67. The fourth-order valence-electron chi connectivity index (χ4n) is 10.1. The van der Waals surface area contributed by atoms with E-state index in [-0.39, 0.29) is 10.8 Å². The molecule has 0 saturated heterocycles. The average molecular weight is 724 g/mol. The standard InChI is InChI=1S/C55H49N/c1-40-31-34-51-50(35-40)54(36-42-19-8-4-9-20-42,37-43-21-10-5-11-22-43)52(56(51)3)30-18-29-49-41(2)47-33-32-46-27-16-17-28-48(46)53(47)55(49,38-44-23-12-6-13-24-44)39-45-25-14-7-15-26-45/h4-35H,36-39H2,1-3H3/b29-18+,52-30+. The van der Waals surface area contributed by atoms with E-state index in [1.807, 2.05) is 0 Å². The van der Waals surface area contributed by atoms with E-state index in [4.69, 9.17) is 0 Å². The topological polar surface area (TPSA) is 3.24 Å². The molecule has 1 heteroatoms. The van der Waals surface area contributed by atoms with Gasteiger partial charge in [-0.1, -0.05) is 188 Å². The van der Waals surface area contributed by atoms with Crippen molar-refractivity contribution in [1.82, 2.24) is 0 Å². The van der Waals surface area contributed by atoms with Crippen molar-refractivity contribution in [3.8, 4) is 0 Å². The largest absolute Gasteiger partial charge is 0.347 e. The minimum absolute atomic E-state index is 0.257. The Balaban J connectivity index is 1.24. The first-order valence-electron chi connectivity index (χ1n) is 20.1. The molecule has 274 valence electrons. The van der Waals surface area contributed by atoms with Crippen molar-refractivity contribution in [2.75, 3.05) is 11.9 Å². The second-order valence-corrected chi connectivity index (χ2v) is 16.1. The molecule has 0 aromatic heterocycles. The molecule has 0 saturated carbocycles. The van der Waals surface area contributed by atoms with Gasteiger partial charge >= 0.3 is 0 Å². The van der Waals surface area contributed by atoms with Crippen LogP contribution in [0.5, 0.6) is 0 Å². The Labute approximate surface area is 333 Å². The number of nitrogens with zero attached hydrogens (tertiary/aromatic N) is 1. The van der Waals surface area contributed by atoms with E-state index >= 15 is 0 Å². The monoisotopic (exact) mass is 723 g/mol. The molecule has 7 aromatic carbocycles. The first kappa shape index (κ1) is 35.5. The summed E-state index contributed by atoms with van der Waals surface area (Å²) in [6, 6.07) is 65.1. The SMILES string of the molecule is CC1=C(/C=C/C=C2/N(C)c3ccc(C)cc3C2(Cc2ccccc2)Cc2ccccc2)C(Cc2ccccc2)(Cc2ccccc2)c2c1ccc1ccccc21. The molecule has 0 spiro atoms. The van der Waals surface area contributed by atoms with Crippen LogP contribution in [-0.4, -0.2) is 7.05 Å². The Morgan fingerprint density at radius 1 is 0.518 bits per heavy atom. The number of benzene rings is 7. The molecule has 0 bridgehead atoms. The van der Waals surface area contributed by atoms with Crippen molar-refractivity contribution < 1.29 is 0 Å². The lowest BCUT2D eigenvalue weighted by Gasteiger charge is -2.35. The number of likely N-dealkylation sites (N-methyl/N-ethyl adjacent to an activating group) is 1. The number of hydrogen-bond acceptors (Lipinski definition) is 1. The summed E-state index contributed by atoms with van der Waals surface area (Å²) in [5.41, 5.74) is 15.8. The van der Waals surface area contributed by atoms with Crippen LogP contribution in [0.15, 0.2) is 205 Å². The van der Waals surface area contributed by atoms with Crippen molar-refractivity contribution in [3.63, 3.8) is 0 Å². The van der Waals surface area contributed by atoms with Gasteiger partial charge in [0, 0.05) is 29.3 Å². The average Bonchev–Trinajstić information content (AvgIpc) is 3.58. The zero-order chi connectivity index (χ0) is 38.1. The van der Waals surface area contributed by atoms with Gasteiger partial charge in [-0.25, -0.2) is 0 Å². The Bertz CT molecular complexity index is 2510. The quantitative estimate of drug-likeness (QED) is 0.136. The Morgan fingerprint density at radius 2 is 1.02 bits per heavy atom. The van der Waals surface area contributed by atoms with Crippen molar-refractivity contribution in [2.24, 2.45) is 0 Å². The van der Waals surface area contributed by atoms with E-state index in [1.165, 1.54) is 77.8 Å². The van der Waals surface area contributed by atoms with Gasteiger partial charge in [0.1, 0.15) is 0 Å². The Morgan fingerprint density at radius 3 is 1.57 bits per heavy atom. The first-order valence-corrected chi connectivity index (χ1v) is 20.1. The fraction of sp³-hybridized carbons (Fsp3) is 0.164. The molecule has 1 aliphatic heterocycles. The molecule has 7 aromatic rings. The molecule has 1 aliphatic carbocycles. The number of fused-ring (bicyclic) bond motifs is 4. The van der Waals surface area contributed by atoms with Gasteiger partial charge in [0.2, 0.25) is 0 Å². The van der Waals surface area contributed by atoms with Crippen LogP contribution in [0.3, 0.4) is 0 Å². The second-order valence-electron chi connectivity index (χ2n) is 16.1. The summed E-state index contributed by atoms with van der Waals surface area (Å²) in [7, 11) is 2.27. The van der Waals surface area contributed by atoms with Gasteiger partial charge in [-0.05, 0) is 113 Å². The maximum absolute atomic E-state index is 2.47. The summed E-state index contributed by atoms with van der Waals surface area (Å²) in [6.07, 6.45) is 10.9. The van der Waals surface area contributed by atoms with E-state index < -0.39 is 0 Å². The van der Waals surface area contributed by atoms with E-state index in [1.54, 1.807) is 0 Å². The van der Waals surface area contributed by atoms with E-state index in [0.717, 1.165) is 25.7 Å². The molecule has 56 heavy (non-hydrogen) atoms. The molecule has 0 N–H and O–H groups in total. The van der Waals surface area contributed by atoms with Crippen LogP contribution in [0.1, 0.15) is 51.4 Å². The van der Waals surface area contributed by atoms with Crippen LogP contribution in [0.2, 0.25) is 0 Å². The zero-order valence-corrected chi connectivity index (χ0v) is 32.8. The third-order valence-corrected chi connectivity index (χ3v) is 12.5. The molecule has 1 nitrogen and oxygen atoms in total. The lowest BCUT2D eigenvalue weighted by Crippen LogP contribution is -2.34. The number of rotatable bonds is 10. The summed E-state index contributed by atoms with van der Waals surface area (Å²) in [5, 5.41) is 2.65. The first-order chi connectivity index (χ1) is 27.4. The van der Waals surface area contributed by atoms with Crippen LogP contribution >= 0.6 is 0 Å². The summed E-state index contributed by atoms with van der Waals surface area (Å²) < 4.78 is 0. The molecule has 9 rings (SSSR count). The predicted octanol–water partition coefficient (Wildman–Crippen LogP) is 13.0. The molecule has 0 fully saturated rings. The minimum Gasteiger partial charge on any atom is -0.347 e. The summed E-state index contributed by atoms with van der Waals surface area (Å²) in [4.78, 5) is 2.46. The van der Waals surface area contributed by atoms with E-state index in [9.17, 15) is 0 Å². The number of aryl methyl sites for hydroxylation is 1. The molecule has 0 radical (unpaired) electrons. The third-order valence-electron chi connectivity index (χ3n) is 12.5. The highest BCUT2D eigenvalue weighted by molar-refractivity contribution is 5.96. The van der Waals surface area contributed by atoms with Crippen LogP contribution in [0.4, 0.5) is 5.69 Å². The molecular weight excluding hydrogens is 675 g/mol. The lowest BCUT2D eigenvalue weighted by molar-refractivity contribution is 0.507. The van der Waals surface area contributed by atoms with Crippen molar-refractivity contribution in [3.05, 3.63) is 250 Å². The molecule has 0 unspecified atom stereocenters. The van der Waals surface area contributed by atoms with Gasteiger partial charge in [0.15, 0.2) is 0 Å². The van der Waals surface area contributed by atoms with Gasteiger partial charge in [0.25, 0.3) is 0 Å². The summed E-state index contributed by atoms with van der Waals surface area (Å²) in [5.74, 6) is 0. The van der Waals surface area contributed by atoms with Crippen molar-refractivity contribution in [1.29, 1.82) is 0 Å². The van der Waals surface area contributed by atoms with Gasteiger partial charge < -0.3 is 4.90 Å². The summed E-state index contributed by atoms with van der Waals surface area (Å²) >= 11 is 0. The highest BCUT2D eigenvalue weighted by atomic mass is 15.2. The highest BCUT2D eigenvalue weighted by Crippen LogP contribution is 2.54. The fourth-order valence-corrected chi connectivity index (χ4v) is 10.1. The molecule has 0 atom stereocenters. The van der Waals surface area contributed by atoms with Crippen molar-refractivity contribution in [2.45, 2.75) is 50.4 Å². The van der Waals surface area contributed by atoms with Gasteiger partial charge in [0.05, 0.1) is 0 Å². The van der Waals surface area contributed by atoms with Crippen LogP contribution in [-0.2, 0) is 36.5 Å².